The van der Waals surface area contributed by atoms with Gasteiger partial charge in [-0.05, 0) is 26.0 Å². The average molecular weight is 273 g/mol. The van der Waals surface area contributed by atoms with Crippen molar-refractivity contribution in [2.45, 2.75) is 26.4 Å². The van der Waals surface area contributed by atoms with Gasteiger partial charge in [0.05, 0.1) is 6.33 Å². The predicted molar refractivity (Wildman–Crippen MR) is 76.6 cm³/mol. The van der Waals surface area contributed by atoms with Crippen molar-refractivity contribution in [2.24, 2.45) is 0 Å². The molecule has 5 nitrogen and oxygen atoms in total. The first-order valence-corrected chi connectivity index (χ1v) is 6.63. The third-order valence-electron chi connectivity index (χ3n) is 2.95. The Hall–Kier alpha value is -2.30. The lowest BCUT2D eigenvalue weighted by molar-refractivity contribution is -0.127. The number of imidazole rings is 1. The van der Waals surface area contributed by atoms with Crippen LogP contribution in [0.15, 0.2) is 36.8 Å². The second-order valence-electron chi connectivity index (χ2n) is 4.69. The molecule has 1 unspecified atom stereocenters. The standard InChI is InChI=1S/C15H19N3O2/c1-11-3-5-14(6-4-11)20-12(2)15(19)17-8-7-13-9-16-10-18-13/h3-6,9-10,12H,7-8H2,1-2H3,(H,16,18)(H,17,19). The molecule has 106 valence electrons. The quantitative estimate of drug-likeness (QED) is 0.844. The highest BCUT2D eigenvalue weighted by Crippen LogP contribution is 2.13. The van der Waals surface area contributed by atoms with Crippen molar-refractivity contribution in [1.82, 2.24) is 15.3 Å². The van der Waals surface area contributed by atoms with Gasteiger partial charge < -0.3 is 15.0 Å². The summed E-state index contributed by atoms with van der Waals surface area (Å²) in [5.41, 5.74) is 2.16. The Morgan fingerprint density at radius 2 is 2.15 bits per heavy atom. The first-order valence-electron chi connectivity index (χ1n) is 6.63. The summed E-state index contributed by atoms with van der Waals surface area (Å²) >= 11 is 0. The van der Waals surface area contributed by atoms with Gasteiger partial charge in [-0.1, -0.05) is 17.7 Å². The lowest BCUT2D eigenvalue weighted by Gasteiger charge is -2.14. The summed E-state index contributed by atoms with van der Waals surface area (Å²) in [5, 5.41) is 2.84. The van der Waals surface area contributed by atoms with Crippen LogP contribution in [-0.4, -0.2) is 28.5 Å². The van der Waals surface area contributed by atoms with Gasteiger partial charge in [0, 0.05) is 24.9 Å². The largest absolute Gasteiger partial charge is 0.481 e. The van der Waals surface area contributed by atoms with Crippen molar-refractivity contribution in [1.29, 1.82) is 0 Å². The molecule has 0 bridgehead atoms. The van der Waals surface area contributed by atoms with Crippen molar-refractivity contribution >= 4 is 5.91 Å². The van der Waals surface area contributed by atoms with Crippen LogP contribution in [0.2, 0.25) is 0 Å². The number of aryl methyl sites for hydroxylation is 1. The van der Waals surface area contributed by atoms with E-state index in [9.17, 15) is 4.79 Å². The Morgan fingerprint density at radius 1 is 1.40 bits per heavy atom. The van der Waals surface area contributed by atoms with Gasteiger partial charge in [0.1, 0.15) is 5.75 Å². The number of carbonyl (C=O) groups is 1. The highest BCUT2D eigenvalue weighted by molar-refractivity contribution is 5.80. The highest BCUT2D eigenvalue weighted by Gasteiger charge is 2.13. The maximum Gasteiger partial charge on any atom is 0.260 e. The lowest BCUT2D eigenvalue weighted by Crippen LogP contribution is -2.37. The number of H-pyrrole nitrogens is 1. The van der Waals surface area contributed by atoms with E-state index in [1.807, 2.05) is 31.2 Å². The number of nitrogens with one attached hydrogen (secondary N) is 2. The van der Waals surface area contributed by atoms with Gasteiger partial charge in [0.15, 0.2) is 6.10 Å². The van der Waals surface area contributed by atoms with Gasteiger partial charge in [-0.15, -0.1) is 0 Å². The molecular weight excluding hydrogens is 254 g/mol. The van der Waals surface area contributed by atoms with Crippen LogP contribution in [0.3, 0.4) is 0 Å². The van der Waals surface area contributed by atoms with E-state index in [0.717, 1.165) is 17.7 Å². The summed E-state index contributed by atoms with van der Waals surface area (Å²) in [5.74, 6) is 0.580. The monoisotopic (exact) mass is 273 g/mol. The predicted octanol–water partition coefficient (Wildman–Crippen LogP) is 1.84. The van der Waals surface area contributed by atoms with Gasteiger partial charge in [-0.25, -0.2) is 4.98 Å². The van der Waals surface area contributed by atoms with Crippen LogP contribution in [0.25, 0.3) is 0 Å². The van der Waals surface area contributed by atoms with Crippen LogP contribution in [0.5, 0.6) is 5.75 Å². The molecule has 0 spiro atoms. The fraction of sp³-hybridized carbons (Fsp3) is 0.333. The van der Waals surface area contributed by atoms with Crippen LogP contribution >= 0.6 is 0 Å². The van der Waals surface area contributed by atoms with Gasteiger partial charge in [-0.3, -0.25) is 4.79 Å². The van der Waals surface area contributed by atoms with Crippen molar-refractivity contribution in [3.63, 3.8) is 0 Å². The van der Waals surface area contributed by atoms with E-state index in [2.05, 4.69) is 15.3 Å². The molecule has 0 radical (unpaired) electrons. The number of ether oxygens (including phenoxy) is 1. The van der Waals surface area contributed by atoms with Crippen LogP contribution < -0.4 is 10.1 Å². The second-order valence-corrected chi connectivity index (χ2v) is 4.69. The molecular formula is C15H19N3O2. The normalized spacial score (nSPS) is 11.9. The molecule has 1 heterocycles. The number of aromatic nitrogens is 2. The molecule has 2 N–H and O–H groups in total. The molecule has 0 saturated carbocycles. The Balaban J connectivity index is 1.75. The Kier molecular flexibility index (Phi) is 4.76. The number of hydrogen-bond donors (Lipinski definition) is 2. The number of hydrogen-bond acceptors (Lipinski definition) is 3. The maximum atomic E-state index is 11.9. The molecule has 1 aromatic heterocycles. The summed E-state index contributed by atoms with van der Waals surface area (Å²) in [4.78, 5) is 18.8. The summed E-state index contributed by atoms with van der Waals surface area (Å²) in [6, 6.07) is 7.64. The number of aromatic amines is 1. The average Bonchev–Trinajstić information content (AvgIpc) is 2.94. The lowest BCUT2D eigenvalue weighted by atomic mass is 10.2. The van der Waals surface area contributed by atoms with Crippen molar-refractivity contribution in [3.8, 4) is 5.75 Å². The fourth-order valence-corrected chi connectivity index (χ4v) is 1.76. The van der Waals surface area contributed by atoms with E-state index in [4.69, 9.17) is 4.74 Å². The van der Waals surface area contributed by atoms with Crippen molar-refractivity contribution in [2.75, 3.05) is 6.54 Å². The van der Waals surface area contributed by atoms with Crippen LogP contribution in [-0.2, 0) is 11.2 Å². The molecule has 2 rings (SSSR count). The Labute approximate surface area is 118 Å². The number of carbonyl (C=O) groups excluding carboxylic acids is 1. The van der Waals surface area contributed by atoms with Gasteiger partial charge in [0.2, 0.25) is 0 Å². The van der Waals surface area contributed by atoms with Gasteiger partial charge >= 0.3 is 0 Å². The molecule has 1 atom stereocenters. The number of nitrogens with zero attached hydrogens (tertiary/aromatic N) is 1. The first-order chi connectivity index (χ1) is 9.65. The van der Waals surface area contributed by atoms with Crippen molar-refractivity contribution in [3.05, 3.63) is 48.0 Å². The topological polar surface area (TPSA) is 67.0 Å². The molecule has 20 heavy (non-hydrogen) atoms. The van der Waals surface area contributed by atoms with E-state index in [1.54, 1.807) is 19.4 Å². The maximum absolute atomic E-state index is 11.9. The second kappa shape index (κ2) is 6.75. The zero-order valence-corrected chi connectivity index (χ0v) is 11.7. The minimum atomic E-state index is -0.514. The van der Waals surface area contributed by atoms with Gasteiger partial charge in [-0.2, -0.15) is 0 Å². The zero-order valence-electron chi connectivity index (χ0n) is 11.7. The fourth-order valence-electron chi connectivity index (χ4n) is 1.76. The van der Waals surface area contributed by atoms with E-state index >= 15 is 0 Å². The van der Waals surface area contributed by atoms with Crippen LogP contribution in [0.1, 0.15) is 18.2 Å². The smallest absolute Gasteiger partial charge is 0.260 e. The summed E-state index contributed by atoms with van der Waals surface area (Å²) in [6.07, 6.45) is 3.58. The molecule has 1 aromatic carbocycles. The summed E-state index contributed by atoms with van der Waals surface area (Å²) in [6.45, 7) is 4.31. The van der Waals surface area contributed by atoms with Gasteiger partial charge in [0.25, 0.3) is 5.91 Å². The van der Waals surface area contributed by atoms with Crippen molar-refractivity contribution < 1.29 is 9.53 Å². The summed E-state index contributed by atoms with van der Waals surface area (Å²) in [7, 11) is 0. The Morgan fingerprint density at radius 3 is 2.80 bits per heavy atom. The van der Waals surface area contributed by atoms with Crippen LogP contribution in [0.4, 0.5) is 0 Å². The van der Waals surface area contributed by atoms with E-state index in [0.29, 0.717) is 12.3 Å². The third-order valence-corrected chi connectivity index (χ3v) is 2.95. The number of amides is 1. The van der Waals surface area contributed by atoms with E-state index in [1.165, 1.54) is 0 Å². The molecule has 0 saturated heterocycles. The molecule has 1 amide bonds. The molecule has 0 fully saturated rings. The van der Waals surface area contributed by atoms with Crippen LogP contribution in [0, 0.1) is 6.92 Å². The number of benzene rings is 1. The van der Waals surface area contributed by atoms with E-state index in [-0.39, 0.29) is 5.91 Å². The van der Waals surface area contributed by atoms with E-state index < -0.39 is 6.10 Å². The number of rotatable bonds is 6. The molecule has 0 aliphatic heterocycles. The molecule has 5 heteroatoms. The first kappa shape index (κ1) is 14.1. The minimum Gasteiger partial charge on any atom is -0.481 e. The molecule has 0 aliphatic carbocycles. The molecule has 0 aliphatic rings. The zero-order chi connectivity index (χ0) is 14.4. The summed E-state index contributed by atoms with van der Waals surface area (Å²) < 4.78 is 5.59. The minimum absolute atomic E-state index is 0.120. The third kappa shape index (κ3) is 4.12. The highest BCUT2D eigenvalue weighted by atomic mass is 16.5. The molecule has 2 aromatic rings. The SMILES string of the molecule is Cc1ccc(OC(C)C(=O)NCCc2cnc[nH]2)cc1. The Bertz CT molecular complexity index is 535.